The maximum atomic E-state index is 12.6. The molecule has 7 heteroatoms. The summed E-state index contributed by atoms with van der Waals surface area (Å²) in [5, 5.41) is 3.91. The average molecular weight is 359 g/mol. The van der Waals surface area contributed by atoms with E-state index in [1.54, 1.807) is 14.2 Å². The molecule has 0 N–H and O–H groups in total. The summed E-state index contributed by atoms with van der Waals surface area (Å²) in [6.07, 6.45) is 0.363. The molecule has 0 aliphatic carbocycles. The average Bonchev–Trinajstić information content (AvgIpc) is 3.06. The molecule has 0 spiro atoms. The highest BCUT2D eigenvalue weighted by atomic mass is 16.5. The maximum absolute atomic E-state index is 12.6. The van der Waals surface area contributed by atoms with Gasteiger partial charge in [0, 0.05) is 32.2 Å². The van der Waals surface area contributed by atoms with Gasteiger partial charge >= 0.3 is 0 Å². The number of hydrogen-bond acceptors (Lipinski definition) is 6. The van der Waals surface area contributed by atoms with Crippen LogP contribution < -0.4 is 9.47 Å². The van der Waals surface area contributed by atoms with Crippen LogP contribution in [0, 0.1) is 6.92 Å². The monoisotopic (exact) mass is 359 g/mol. The van der Waals surface area contributed by atoms with Crippen molar-refractivity contribution in [3.63, 3.8) is 0 Å². The third-order valence-corrected chi connectivity index (χ3v) is 4.58. The molecule has 0 atom stereocenters. The van der Waals surface area contributed by atoms with Gasteiger partial charge in [-0.15, -0.1) is 0 Å². The summed E-state index contributed by atoms with van der Waals surface area (Å²) in [6.45, 7) is 5.75. The van der Waals surface area contributed by atoms with E-state index in [4.69, 9.17) is 14.0 Å². The van der Waals surface area contributed by atoms with Crippen LogP contribution in [0.25, 0.3) is 0 Å². The Morgan fingerprint density at radius 2 is 1.85 bits per heavy atom. The van der Waals surface area contributed by atoms with Crippen molar-refractivity contribution >= 4 is 5.91 Å². The highest BCUT2D eigenvalue weighted by Crippen LogP contribution is 2.27. The van der Waals surface area contributed by atoms with Crippen LogP contribution in [-0.2, 0) is 17.8 Å². The fourth-order valence-corrected chi connectivity index (χ4v) is 3.14. The second-order valence-corrected chi connectivity index (χ2v) is 6.46. The van der Waals surface area contributed by atoms with E-state index in [2.05, 4.69) is 10.1 Å². The number of carbonyl (C=O) groups excluding carboxylic acids is 1. The van der Waals surface area contributed by atoms with Crippen LogP contribution in [0.4, 0.5) is 0 Å². The Balaban J connectivity index is 1.52. The van der Waals surface area contributed by atoms with Crippen molar-refractivity contribution in [3.8, 4) is 11.5 Å². The number of rotatable bonds is 6. The maximum Gasteiger partial charge on any atom is 0.227 e. The number of methoxy groups -OCH3 is 2. The summed E-state index contributed by atoms with van der Waals surface area (Å²) < 4.78 is 15.8. The molecule has 1 aromatic heterocycles. The van der Waals surface area contributed by atoms with Gasteiger partial charge in [-0.25, -0.2) is 0 Å². The van der Waals surface area contributed by atoms with E-state index in [9.17, 15) is 4.79 Å². The van der Waals surface area contributed by atoms with Gasteiger partial charge in [0.05, 0.1) is 32.9 Å². The van der Waals surface area contributed by atoms with Crippen LogP contribution in [0.15, 0.2) is 28.8 Å². The number of aromatic nitrogens is 1. The van der Waals surface area contributed by atoms with Crippen molar-refractivity contribution in [2.75, 3.05) is 40.4 Å². The summed E-state index contributed by atoms with van der Waals surface area (Å²) in [4.78, 5) is 16.8. The molecule has 0 unspecified atom stereocenters. The van der Waals surface area contributed by atoms with Crippen LogP contribution in [0.5, 0.6) is 11.5 Å². The van der Waals surface area contributed by atoms with Gasteiger partial charge in [0.25, 0.3) is 0 Å². The number of carbonyl (C=O) groups is 1. The van der Waals surface area contributed by atoms with E-state index in [1.165, 1.54) is 0 Å². The van der Waals surface area contributed by atoms with E-state index in [0.29, 0.717) is 17.9 Å². The van der Waals surface area contributed by atoms with Crippen molar-refractivity contribution in [1.29, 1.82) is 0 Å². The third kappa shape index (κ3) is 4.35. The molecule has 140 valence electrons. The van der Waals surface area contributed by atoms with Gasteiger partial charge < -0.3 is 18.9 Å². The van der Waals surface area contributed by atoms with Crippen molar-refractivity contribution in [3.05, 3.63) is 41.3 Å². The Bertz CT molecular complexity index is 751. The zero-order valence-corrected chi connectivity index (χ0v) is 15.5. The highest BCUT2D eigenvalue weighted by molar-refractivity contribution is 5.79. The van der Waals surface area contributed by atoms with E-state index in [0.717, 1.165) is 49.7 Å². The number of hydrogen-bond donors (Lipinski definition) is 0. The first-order valence-electron chi connectivity index (χ1n) is 8.72. The molecule has 0 radical (unpaired) electrons. The Labute approximate surface area is 153 Å². The van der Waals surface area contributed by atoms with Crippen molar-refractivity contribution in [1.82, 2.24) is 15.0 Å². The summed E-state index contributed by atoms with van der Waals surface area (Å²) >= 11 is 0. The zero-order chi connectivity index (χ0) is 18.5. The minimum atomic E-state index is 0.132. The molecule has 2 heterocycles. The van der Waals surface area contributed by atoms with Gasteiger partial charge in [0.15, 0.2) is 17.3 Å². The third-order valence-electron chi connectivity index (χ3n) is 4.58. The second kappa shape index (κ2) is 8.23. The van der Waals surface area contributed by atoms with Crippen molar-refractivity contribution < 1.29 is 18.8 Å². The second-order valence-electron chi connectivity index (χ2n) is 6.46. The smallest absolute Gasteiger partial charge is 0.227 e. The quantitative estimate of drug-likeness (QED) is 0.785. The van der Waals surface area contributed by atoms with Gasteiger partial charge in [-0.3, -0.25) is 9.69 Å². The summed E-state index contributed by atoms with van der Waals surface area (Å²) in [7, 11) is 3.20. The first-order chi connectivity index (χ1) is 12.6. The number of nitrogens with zero attached hydrogens (tertiary/aromatic N) is 3. The first kappa shape index (κ1) is 18.3. The predicted octanol–water partition coefficient (Wildman–Crippen LogP) is 1.89. The lowest BCUT2D eigenvalue weighted by atomic mass is 10.1. The molecule has 2 aromatic rings. The molecular weight excluding hydrogens is 334 g/mol. The molecule has 1 amide bonds. The Morgan fingerprint density at radius 3 is 2.46 bits per heavy atom. The number of benzene rings is 1. The Kier molecular flexibility index (Phi) is 5.78. The van der Waals surface area contributed by atoms with Gasteiger partial charge in [0.1, 0.15) is 0 Å². The zero-order valence-electron chi connectivity index (χ0n) is 15.5. The largest absolute Gasteiger partial charge is 0.493 e. The molecule has 1 fully saturated rings. The fraction of sp³-hybridized carbons (Fsp3) is 0.474. The molecule has 1 aliphatic heterocycles. The highest BCUT2D eigenvalue weighted by Gasteiger charge is 2.22. The lowest BCUT2D eigenvalue weighted by Crippen LogP contribution is -2.48. The lowest BCUT2D eigenvalue weighted by Gasteiger charge is -2.34. The van der Waals surface area contributed by atoms with Crippen LogP contribution in [0.1, 0.15) is 17.0 Å². The van der Waals surface area contributed by atoms with Crippen molar-refractivity contribution in [2.45, 2.75) is 19.9 Å². The molecule has 1 aliphatic rings. The van der Waals surface area contributed by atoms with Gasteiger partial charge in [-0.2, -0.15) is 0 Å². The molecular formula is C19H25N3O4. The molecule has 7 nitrogen and oxygen atoms in total. The molecule has 1 aromatic carbocycles. The van der Waals surface area contributed by atoms with Gasteiger partial charge in [0.2, 0.25) is 5.91 Å². The molecule has 3 rings (SSSR count). The number of aryl methyl sites for hydroxylation is 1. The molecule has 0 saturated carbocycles. The lowest BCUT2D eigenvalue weighted by molar-refractivity contribution is -0.132. The topological polar surface area (TPSA) is 68.0 Å². The fourth-order valence-electron chi connectivity index (χ4n) is 3.14. The van der Waals surface area contributed by atoms with Crippen LogP contribution >= 0.6 is 0 Å². The van der Waals surface area contributed by atoms with E-state index < -0.39 is 0 Å². The van der Waals surface area contributed by atoms with Gasteiger partial charge in [-0.1, -0.05) is 11.2 Å². The first-order valence-corrected chi connectivity index (χ1v) is 8.72. The standard InChI is InChI=1S/C19H25N3O4/c1-14-10-16(26-20-14)13-21-6-8-22(9-7-21)19(23)12-15-4-5-17(24-2)18(11-15)25-3/h4-5,10-11H,6-9,12-13H2,1-3H3. The number of amides is 1. The molecule has 0 bridgehead atoms. The normalized spacial score (nSPS) is 15.1. The van der Waals surface area contributed by atoms with E-state index in [-0.39, 0.29) is 5.91 Å². The summed E-state index contributed by atoms with van der Waals surface area (Å²) in [5.74, 6) is 2.31. The van der Waals surface area contributed by atoms with Crippen LogP contribution in [0.3, 0.4) is 0 Å². The van der Waals surface area contributed by atoms with Gasteiger partial charge in [-0.05, 0) is 24.6 Å². The minimum absolute atomic E-state index is 0.132. The summed E-state index contributed by atoms with van der Waals surface area (Å²) in [6, 6.07) is 7.55. The van der Waals surface area contributed by atoms with Crippen LogP contribution in [0.2, 0.25) is 0 Å². The Hall–Kier alpha value is -2.54. The van der Waals surface area contributed by atoms with E-state index >= 15 is 0 Å². The molecule has 26 heavy (non-hydrogen) atoms. The predicted molar refractivity (Wildman–Crippen MR) is 96.3 cm³/mol. The SMILES string of the molecule is COc1ccc(CC(=O)N2CCN(Cc3cc(C)no3)CC2)cc1OC. The van der Waals surface area contributed by atoms with Crippen molar-refractivity contribution in [2.24, 2.45) is 0 Å². The number of piperazine rings is 1. The Morgan fingerprint density at radius 1 is 1.12 bits per heavy atom. The van der Waals surface area contributed by atoms with Crippen LogP contribution in [-0.4, -0.2) is 61.3 Å². The molecule has 1 saturated heterocycles. The van der Waals surface area contributed by atoms with E-state index in [1.807, 2.05) is 36.1 Å². The summed E-state index contributed by atoms with van der Waals surface area (Å²) in [5.41, 5.74) is 1.82. The number of ether oxygens (including phenoxy) is 2. The minimum Gasteiger partial charge on any atom is -0.493 e.